The van der Waals surface area contributed by atoms with Crippen molar-refractivity contribution >= 4 is 12.2 Å². The minimum atomic E-state index is -0.0783. The fraction of sp³-hybridized carbons (Fsp3) is 0.125. The molecule has 0 spiro atoms. The molecular weight excluding hydrogens is 236 g/mol. The van der Waals surface area contributed by atoms with Crippen LogP contribution in [0.4, 0.5) is 0 Å². The number of nitrogens with zero attached hydrogens (tertiary/aromatic N) is 2. The molecule has 1 heterocycles. The molecule has 0 aliphatic heterocycles. The molecule has 1 aromatic carbocycles. The molecule has 0 saturated heterocycles. The lowest BCUT2D eigenvalue weighted by molar-refractivity contribution is 0.686. The summed E-state index contributed by atoms with van der Waals surface area (Å²) < 4.78 is 1.54. The van der Waals surface area contributed by atoms with Crippen molar-refractivity contribution in [3.63, 3.8) is 0 Å². The summed E-state index contributed by atoms with van der Waals surface area (Å²) >= 11 is 0. The largest absolute Gasteiger partial charge is 0.314 e. The van der Waals surface area contributed by atoms with Gasteiger partial charge in [-0.25, -0.2) is 0 Å². The van der Waals surface area contributed by atoms with E-state index in [1.807, 2.05) is 54.6 Å². The summed E-state index contributed by atoms with van der Waals surface area (Å²) in [6.07, 6.45) is 5.95. The molecule has 2 rings (SSSR count). The predicted molar refractivity (Wildman–Crippen MR) is 76.3 cm³/mol. The van der Waals surface area contributed by atoms with Crippen LogP contribution in [0.15, 0.2) is 53.5 Å². The van der Waals surface area contributed by atoms with Gasteiger partial charge in [0.1, 0.15) is 0 Å². The van der Waals surface area contributed by atoms with Crippen molar-refractivity contribution in [1.29, 1.82) is 5.26 Å². The number of hydrogen-bond acceptors (Lipinski definition) is 2. The zero-order valence-electron chi connectivity index (χ0n) is 10.5. The lowest BCUT2D eigenvalue weighted by Gasteiger charge is -2.02. The third-order valence-electron chi connectivity index (χ3n) is 2.75. The molecule has 1 aromatic heterocycles. The van der Waals surface area contributed by atoms with Crippen LogP contribution >= 0.6 is 0 Å². The minimum absolute atomic E-state index is 0.0783. The second kappa shape index (κ2) is 6.36. The van der Waals surface area contributed by atoms with Crippen LogP contribution in [0.3, 0.4) is 0 Å². The van der Waals surface area contributed by atoms with E-state index < -0.39 is 0 Å². The first-order valence-corrected chi connectivity index (χ1v) is 6.10. The van der Waals surface area contributed by atoms with Crippen LogP contribution in [0.25, 0.3) is 12.2 Å². The molecule has 0 aliphatic carbocycles. The number of nitriles is 1. The van der Waals surface area contributed by atoms with Crippen LogP contribution in [0.1, 0.15) is 17.5 Å². The second-order valence-electron chi connectivity index (χ2n) is 4.14. The topological polar surface area (TPSA) is 45.8 Å². The maximum Gasteiger partial charge on any atom is 0.251 e. The van der Waals surface area contributed by atoms with Gasteiger partial charge in [-0.2, -0.15) is 5.26 Å². The van der Waals surface area contributed by atoms with Gasteiger partial charge in [-0.05, 0) is 17.2 Å². The molecule has 0 bridgehead atoms. The molecule has 0 fully saturated rings. The molecular formula is C16H14N2O. The number of benzene rings is 1. The fourth-order valence-electron chi connectivity index (χ4n) is 1.74. The SMILES string of the molecule is N#CCCn1ccc(/C=C/c2ccccc2)cc1=O. The molecule has 0 N–H and O–H groups in total. The van der Waals surface area contributed by atoms with Gasteiger partial charge in [0.25, 0.3) is 5.56 Å². The summed E-state index contributed by atoms with van der Waals surface area (Å²) in [5, 5.41) is 8.51. The molecule has 3 heteroatoms. The molecule has 3 nitrogen and oxygen atoms in total. The van der Waals surface area contributed by atoms with E-state index in [4.69, 9.17) is 5.26 Å². The van der Waals surface area contributed by atoms with E-state index in [-0.39, 0.29) is 5.56 Å². The Balaban J connectivity index is 2.15. The van der Waals surface area contributed by atoms with E-state index in [9.17, 15) is 4.79 Å². The van der Waals surface area contributed by atoms with Crippen LogP contribution < -0.4 is 5.56 Å². The first kappa shape index (κ1) is 12.8. The van der Waals surface area contributed by atoms with E-state index in [1.54, 1.807) is 16.8 Å². The van der Waals surface area contributed by atoms with Gasteiger partial charge in [0.15, 0.2) is 0 Å². The van der Waals surface area contributed by atoms with Crippen molar-refractivity contribution < 1.29 is 0 Å². The summed E-state index contributed by atoms with van der Waals surface area (Å²) in [7, 11) is 0. The van der Waals surface area contributed by atoms with Gasteiger partial charge in [-0.1, -0.05) is 42.5 Å². The van der Waals surface area contributed by atoms with Crippen LogP contribution in [0.2, 0.25) is 0 Å². The Bertz CT molecular complexity index is 663. The molecule has 2 aromatic rings. The summed E-state index contributed by atoms with van der Waals surface area (Å²) in [6, 6.07) is 15.4. The highest BCUT2D eigenvalue weighted by Gasteiger charge is 1.96. The first-order chi connectivity index (χ1) is 9.29. The second-order valence-corrected chi connectivity index (χ2v) is 4.14. The number of rotatable bonds is 4. The highest BCUT2D eigenvalue weighted by Crippen LogP contribution is 2.06. The molecule has 0 aliphatic rings. The fourth-order valence-corrected chi connectivity index (χ4v) is 1.74. The Kier molecular flexibility index (Phi) is 4.30. The van der Waals surface area contributed by atoms with E-state index in [0.29, 0.717) is 13.0 Å². The Morgan fingerprint density at radius 1 is 1.11 bits per heavy atom. The van der Waals surface area contributed by atoms with E-state index in [2.05, 4.69) is 0 Å². The smallest absolute Gasteiger partial charge is 0.251 e. The van der Waals surface area contributed by atoms with Gasteiger partial charge >= 0.3 is 0 Å². The third kappa shape index (κ3) is 3.68. The molecule has 0 amide bonds. The van der Waals surface area contributed by atoms with Crippen LogP contribution in [-0.4, -0.2) is 4.57 Å². The van der Waals surface area contributed by atoms with Crippen molar-refractivity contribution in [2.45, 2.75) is 13.0 Å². The molecule has 0 unspecified atom stereocenters. The number of hydrogen-bond donors (Lipinski definition) is 0. The van der Waals surface area contributed by atoms with Crippen LogP contribution in [-0.2, 0) is 6.54 Å². The lowest BCUT2D eigenvalue weighted by atomic mass is 10.1. The molecule has 0 radical (unpaired) electrons. The van der Waals surface area contributed by atoms with Crippen LogP contribution in [0.5, 0.6) is 0 Å². The van der Waals surface area contributed by atoms with Crippen molar-refractivity contribution in [3.8, 4) is 6.07 Å². The van der Waals surface area contributed by atoms with Crippen LogP contribution in [0, 0.1) is 11.3 Å². The van der Waals surface area contributed by atoms with Crippen molar-refractivity contribution in [2.24, 2.45) is 0 Å². The van der Waals surface area contributed by atoms with Gasteiger partial charge in [0.2, 0.25) is 0 Å². The Morgan fingerprint density at radius 3 is 2.53 bits per heavy atom. The quantitative estimate of drug-likeness (QED) is 0.837. The monoisotopic (exact) mass is 250 g/mol. The Labute approximate surface area is 112 Å². The lowest BCUT2D eigenvalue weighted by Crippen LogP contribution is -2.18. The Hall–Kier alpha value is -2.60. The molecule has 94 valence electrons. The van der Waals surface area contributed by atoms with Gasteiger partial charge in [-0.15, -0.1) is 0 Å². The van der Waals surface area contributed by atoms with E-state index >= 15 is 0 Å². The molecule has 0 atom stereocenters. The van der Waals surface area contributed by atoms with Gasteiger partial charge in [-0.3, -0.25) is 4.79 Å². The zero-order chi connectivity index (χ0) is 13.5. The maximum absolute atomic E-state index is 11.8. The Morgan fingerprint density at radius 2 is 1.84 bits per heavy atom. The standard InChI is InChI=1S/C16H14N2O/c17-10-4-11-18-12-9-15(13-16(18)19)8-7-14-5-2-1-3-6-14/h1-3,5-9,12-13H,4,11H2/b8-7+. The minimum Gasteiger partial charge on any atom is -0.314 e. The normalized spacial score (nSPS) is 10.5. The van der Waals surface area contributed by atoms with Gasteiger partial charge in [0, 0.05) is 18.8 Å². The number of aromatic nitrogens is 1. The van der Waals surface area contributed by atoms with E-state index in [1.165, 1.54) is 0 Å². The van der Waals surface area contributed by atoms with Crippen molar-refractivity contribution in [2.75, 3.05) is 0 Å². The average molecular weight is 250 g/mol. The number of aryl methyl sites for hydroxylation is 1. The van der Waals surface area contributed by atoms with Crippen molar-refractivity contribution in [1.82, 2.24) is 4.57 Å². The summed E-state index contributed by atoms with van der Waals surface area (Å²) in [5.41, 5.74) is 1.88. The summed E-state index contributed by atoms with van der Waals surface area (Å²) in [5.74, 6) is 0. The summed E-state index contributed by atoms with van der Waals surface area (Å²) in [6.45, 7) is 0.442. The van der Waals surface area contributed by atoms with Crippen molar-refractivity contribution in [3.05, 3.63) is 70.1 Å². The van der Waals surface area contributed by atoms with Gasteiger partial charge in [0.05, 0.1) is 12.5 Å². The average Bonchev–Trinajstić information content (AvgIpc) is 2.45. The highest BCUT2D eigenvalue weighted by molar-refractivity contribution is 5.69. The maximum atomic E-state index is 11.8. The summed E-state index contributed by atoms with van der Waals surface area (Å²) in [4.78, 5) is 11.8. The zero-order valence-corrected chi connectivity index (χ0v) is 10.5. The molecule has 0 saturated carbocycles. The van der Waals surface area contributed by atoms with E-state index in [0.717, 1.165) is 11.1 Å². The van der Waals surface area contributed by atoms with Gasteiger partial charge < -0.3 is 4.57 Å². The third-order valence-corrected chi connectivity index (χ3v) is 2.75. The first-order valence-electron chi connectivity index (χ1n) is 6.10. The number of pyridine rings is 1. The predicted octanol–water partition coefficient (Wildman–Crippen LogP) is 2.93. The molecule has 19 heavy (non-hydrogen) atoms. The highest BCUT2D eigenvalue weighted by atomic mass is 16.1.